The van der Waals surface area contributed by atoms with Gasteiger partial charge in [0.25, 0.3) is 5.91 Å². The molecule has 2 unspecified atom stereocenters. The van der Waals surface area contributed by atoms with E-state index in [0.29, 0.717) is 31.7 Å². The first-order valence-corrected chi connectivity index (χ1v) is 9.21. The lowest BCUT2D eigenvalue weighted by Crippen LogP contribution is -2.42. The highest BCUT2D eigenvalue weighted by Gasteiger charge is 2.37. The predicted molar refractivity (Wildman–Crippen MR) is 101 cm³/mol. The maximum absolute atomic E-state index is 12.5. The van der Waals surface area contributed by atoms with Gasteiger partial charge in [-0.15, -0.1) is 0 Å². The molecule has 1 saturated heterocycles. The standard InChI is InChI=1S/C19H26N6O2/c1-4-20-19(27)17-10-15(22-18(26)16-8-9-24(3)23-16)12-25(17)11-14-7-5-6-13(2)21-14/h5-9,15,17H,4,10-12H2,1-3H3,(H,20,27)(H,22,26). The molecule has 1 fully saturated rings. The molecule has 27 heavy (non-hydrogen) atoms. The number of carbonyl (C=O) groups is 2. The van der Waals surface area contributed by atoms with Crippen LogP contribution < -0.4 is 10.6 Å². The minimum atomic E-state index is -0.290. The first-order valence-electron chi connectivity index (χ1n) is 9.21. The Kier molecular flexibility index (Phi) is 5.85. The van der Waals surface area contributed by atoms with Crippen LogP contribution in [0.5, 0.6) is 0 Å². The Morgan fingerprint density at radius 3 is 2.78 bits per heavy atom. The molecule has 0 spiro atoms. The highest BCUT2D eigenvalue weighted by atomic mass is 16.2. The van der Waals surface area contributed by atoms with Crippen LogP contribution in [0.25, 0.3) is 0 Å². The van der Waals surface area contributed by atoms with E-state index in [9.17, 15) is 9.59 Å². The number of carbonyl (C=O) groups excluding carboxylic acids is 2. The Balaban J connectivity index is 1.70. The number of likely N-dealkylation sites (N-methyl/N-ethyl adjacent to an activating group) is 1. The number of pyridine rings is 1. The topological polar surface area (TPSA) is 92.2 Å². The zero-order valence-electron chi connectivity index (χ0n) is 16.0. The molecule has 1 aliphatic heterocycles. The fourth-order valence-corrected chi connectivity index (χ4v) is 3.44. The summed E-state index contributed by atoms with van der Waals surface area (Å²) in [5.74, 6) is -0.231. The zero-order chi connectivity index (χ0) is 19.4. The van der Waals surface area contributed by atoms with Crippen LogP contribution in [0.4, 0.5) is 0 Å². The lowest BCUT2D eigenvalue weighted by molar-refractivity contribution is -0.125. The molecule has 3 heterocycles. The lowest BCUT2D eigenvalue weighted by Gasteiger charge is -2.22. The average molecular weight is 370 g/mol. The van der Waals surface area contributed by atoms with Gasteiger partial charge in [-0.05, 0) is 38.5 Å². The molecule has 3 rings (SSSR count). The molecule has 144 valence electrons. The highest BCUT2D eigenvalue weighted by molar-refractivity contribution is 5.92. The maximum Gasteiger partial charge on any atom is 0.272 e. The number of hydrogen-bond acceptors (Lipinski definition) is 5. The van der Waals surface area contributed by atoms with E-state index in [1.807, 2.05) is 32.0 Å². The minimum absolute atomic E-state index is 0.0141. The first kappa shape index (κ1) is 19.0. The number of nitrogens with one attached hydrogen (secondary N) is 2. The van der Waals surface area contributed by atoms with Crippen LogP contribution in [0, 0.1) is 6.92 Å². The zero-order valence-corrected chi connectivity index (χ0v) is 16.0. The van der Waals surface area contributed by atoms with Crippen molar-refractivity contribution >= 4 is 11.8 Å². The molecule has 2 N–H and O–H groups in total. The Morgan fingerprint density at radius 1 is 1.30 bits per heavy atom. The van der Waals surface area contributed by atoms with E-state index < -0.39 is 0 Å². The number of aryl methyl sites for hydroxylation is 2. The van der Waals surface area contributed by atoms with Crippen molar-refractivity contribution in [1.29, 1.82) is 0 Å². The largest absolute Gasteiger partial charge is 0.355 e. The summed E-state index contributed by atoms with van der Waals surface area (Å²) in [5, 5.41) is 10.0. The normalized spacial score (nSPS) is 19.8. The number of nitrogens with zero attached hydrogens (tertiary/aromatic N) is 4. The van der Waals surface area contributed by atoms with Gasteiger partial charge in [-0.25, -0.2) is 0 Å². The van der Waals surface area contributed by atoms with Crippen molar-refractivity contribution in [1.82, 2.24) is 30.3 Å². The van der Waals surface area contributed by atoms with Crippen LogP contribution in [0.15, 0.2) is 30.5 Å². The molecule has 2 aromatic rings. The van der Waals surface area contributed by atoms with Crippen molar-refractivity contribution in [2.24, 2.45) is 7.05 Å². The van der Waals surface area contributed by atoms with Crippen LogP contribution in [0.1, 0.15) is 35.2 Å². The van der Waals surface area contributed by atoms with E-state index in [0.717, 1.165) is 11.4 Å². The van der Waals surface area contributed by atoms with Gasteiger partial charge < -0.3 is 10.6 Å². The van der Waals surface area contributed by atoms with Gasteiger partial charge in [0.05, 0.1) is 11.7 Å². The summed E-state index contributed by atoms with van der Waals surface area (Å²) in [6.45, 7) is 5.59. The van der Waals surface area contributed by atoms with Crippen LogP contribution in [0.2, 0.25) is 0 Å². The van der Waals surface area contributed by atoms with Crippen LogP contribution in [-0.4, -0.2) is 56.7 Å². The van der Waals surface area contributed by atoms with E-state index in [4.69, 9.17) is 0 Å². The summed E-state index contributed by atoms with van der Waals surface area (Å²) in [6.07, 6.45) is 2.30. The van der Waals surface area contributed by atoms with E-state index in [2.05, 4.69) is 25.6 Å². The number of aromatic nitrogens is 3. The lowest BCUT2D eigenvalue weighted by atomic mass is 10.1. The van der Waals surface area contributed by atoms with Gasteiger partial charge in [-0.2, -0.15) is 5.10 Å². The van der Waals surface area contributed by atoms with Crippen molar-refractivity contribution in [3.05, 3.63) is 47.5 Å². The number of rotatable bonds is 6. The maximum atomic E-state index is 12.5. The summed E-state index contributed by atoms with van der Waals surface area (Å²) in [6, 6.07) is 7.15. The summed E-state index contributed by atoms with van der Waals surface area (Å²) in [4.78, 5) is 31.5. The van der Waals surface area contributed by atoms with Gasteiger partial charge in [-0.1, -0.05) is 6.07 Å². The monoisotopic (exact) mass is 370 g/mol. The Morgan fingerprint density at radius 2 is 2.11 bits per heavy atom. The molecule has 2 amide bonds. The van der Waals surface area contributed by atoms with Gasteiger partial charge in [-0.3, -0.25) is 24.2 Å². The van der Waals surface area contributed by atoms with E-state index in [1.165, 1.54) is 0 Å². The summed E-state index contributed by atoms with van der Waals surface area (Å²) >= 11 is 0. The molecule has 2 atom stereocenters. The van der Waals surface area contributed by atoms with Crippen molar-refractivity contribution in [2.75, 3.05) is 13.1 Å². The van der Waals surface area contributed by atoms with Gasteiger partial charge in [0.15, 0.2) is 0 Å². The second-order valence-electron chi connectivity index (χ2n) is 6.89. The Bertz CT molecular complexity index is 818. The molecule has 2 aromatic heterocycles. The second-order valence-corrected chi connectivity index (χ2v) is 6.89. The fourth-order valence-electron chi connectivity index (χ4n) is 3.44. The third kappa shape index (κ3) is 4.71. The third-order valence-electron chi connectivity index (χ3n) is 4.65. The van der Waals surface area contributed by atoms with E-state index in [1.54, 1.807) is 24.0 Å². The molecule has 0 radical (unpaired) electrons. The van der Waals surface area contributed by atoms with Gasteiger partial charge >= 0.3 is 0 Å². The number of likely N-dealkylation sites (tertiary alicyclic amines) is 1. The average Bonchev–Trinajstić information content (AvgIpc) is 3.21. The van der Waals surface area contributed by atoms with E-state index >= 15 is 0 Å². The molecule has 0 aromatic carbocycles. The van der Waals surface area contributed by atoms with Crippen molar-refractivity contribution in [2.45, 2.75) is 38.9 Å². The third-order valence-corrected chi connectivity index (χ3v) is 4.65. The van der Waals surface area contributed by atoms with Gasteiger partial charge in [0.1, 0.15) is 5.69 Å². The second kappa shape index (κ2) is 8.30. The number of hydrogen-bond donors (Lipinski definition) is 2. The smallest absolute Gasteiger partial charge is 0.272 e. The van der Waals surface area contributed by atoms with Gasteiger partial charge in [0, 0.05) is 44.6 Å². The Labute approximate surface area is 159 Å². The molecule has 0 aliphatic carbocycles. The highest BCUT2D eigenvalue weighted by Crippen LogP contribution is 2.21. The molecule has 1 aliphatic rings. The quantitative estimate of drug-likeness (QED) is 0.778. The first-order chi connectivity index (χ1) is 13.0. The van der Waals surface area contributed by atoms with Crippen molar-refractivity contribution in [3.63, 3.8) is 0 Å². The van der Waals surface area contributed by atoms with E-state index in [-0.39, 0.29) is 23.9 Å². The summed E-state index contributed by atoms with van der Waals surface area (Å²) in [7, 11) is 1.77. The fraction of sp³-hybridized carbons (Fsp3) is 0.474. The number of amides is 2. The van der Waals surface area contributed by atoms with Crippen molar-refractivity contribution < 1.29 is 9.59 Å². The molecule has 0 bridgehead atoms. The van der Waals surface area contributed by atoms with Crippen LogP contribution in [-0.2, 0) is 18.4 Å². The predicted octanol–water partition coefficient (Wildman–Crippen LogP) is 0.633. The van der Waals surface area contributed by atoms with Crippen LogP contribution >= 0.6 is 0 Å². The molecule has 0 saturated carbocycles. The Hall–Kier alpha value is -2.74. The molecule has 8 nitrogen and oxygen atoms in total. The summed E-state index contributed by atoms with van der Waals surface area (Å²) < 4.78 is 1.59. The molecule has 8 heteroatoms. The molecular weight excluding hydrogens is 344 g/mol. The van der Waals surface area contributed by atoms with Gasteiger partial charge in [0.2, 0.25) is 5.91 Å². The summed E-state index contributed by atoms with van der Waals surface area (Å²) in [5.41, 5.74) is 2.24. The van der Waals surface area contributed by atoms with Crippen molar-refractivity contribution in [3.8, 4) is 0 Å². The van der Waals surface area contributed by atoms with Crippen LogP contribution in [0.3, 0.4) is 0 Å². The minimum Gasteiger partial charge on any atom is -0.355 e. The SMILES string of the molecule is CCNC(=O)C1CC(NC(=O)c2ccn(C)n2)CN1Cc1cccc(C)n1. The molecular formula is C19H26N6O2.